The number of halogens is 1. The summed E-state index contributed by atoms with van der Waals surface area (Å²) in [5.41, 5.74) is 3.68. The van der Waals surface area contributed by atoms with Crippen LogP contribution in [0.1, 0.15) is 16.1 Å². The minimum atomic E-state index is -0.238. The molecule has 0 aliphatic heterocycles. The van der Waals surface area contributed by atoms with E-state index in [4.69, 9.17) is 17.4 Å². The van der Waals surface area contributed by atoms with Crippen molar-refractivity contribution in [2.45, 2.75) is 6.42 Å². The number of anilines is 1. The second kappa shape index (κ2) is 6.17. The Bertz CT molecular complexity index is 556. The van der Waals surface area contributed by atoms with Crippen LogP contribution in [0.4, 0.5) is 5.82 Å². The van der Waals surface area contributed by atoms with Gasteiger partial charge in [0.05, 0.1) is 16.9 Å². The molecule has 0 atom stereocenters. The van der Waals surface area contributed by atoms with E-state index in [2.05, 4.69) is 25.7 Å². The number of nitrogen functional groups attached to an aromatic ring is 1. The van der Waals surface area contributed by atoms with E-state index in [0.29, 0.717) is 29.4 Å². The maximum Gasteiger partial charge on any atom is 0.252 e. The minimum absolute atomic E-state index is 0.238. The molecular formula is C11H13ClN6O. The fourth-order valence-electron chi connectivity index (χ4n) is 1.50. The number of nitrogens with two attached hydrogens (primary N) is 1. The first-order valence-electron chi connectivity index (χ1n) is 5.58. The van der Waals surface area contributed by atoms with Gasteiger partial charge in [0, 0.05) is 31.1 Å². The van der Waals surface area contributed by atoms with Crippen molar-refractivity contribution in [2.24, 2.45) is 5.84 Å². The third kappa shape index (κ3) is 3.43. The van der Waals surface area contributed by atoms with Crippen LogP contribution in [0.25, 0.3) is 0 Å². The van der Waals surface area contributed by atoms with Gasteiger partial charge in [0.1, 0.15) is 0 Å². The highest BCUT2D eigenvalue weighted by Gasteiger charge is 2.09. The first kappa shape index (κ1) is 13.3. The number of hydrogen-bond acceptors (Lipinski definition) is 5. The second-order valence-electron chi connectivity index (χ2n) is 3.78. The van der Waals surface area contributed by atoms with Gasteiger partial charge in [-0.1, -0.05) is 11.6 Å². The number of hydrogen-bond donors (Lipinski definition) is 4. The van der Waals surface area contributed by atoms with Gasteiger partial charge in [-0.05, 0) is 6.07 Å². The summed E-state index contributed by atoms with van der Waals surface area (Å²) >= 11 is 5.89. The van der Waals surface area contributed by atoms with Crippen molar-refractivity contribution in [1.29, 1.82) is 0 Å². The molecule has 5 N–H and O–H groups in total. The molecule has 2 rings (SSSR count). The normalized spacial score (nSPS) is 10.2. The smallest absolute Gasteiger partial charge is 0.252 e. The standard InChI is InChI=1S/C11H13ClN6O/c12-9-3-7(4-16-10(9)18-13)11(19)15-2-1-8-5-14-6-17-8/h3-6H,1-2,13H2,(H,14,17)(H,15,19)(H,16,18). The second-order valence-corrected chi connectivity index (χ2v) is 4.19. The number of carbonyl (C=O) groups is 1. The van der Waals surface area contributed by atoms with Crippen LogP contribution in [-0.4, -0.2) is 27.4 Å². The average Bonchev–Trinajstić information content (AvgIpc) is 2.91. The maximum atomic E-state index is 11.8. The van der Waals surface area contributed by atoms with E-state index < -0.39 is 0 Å². The van der Waals surface area contributed by atoms with E-state index in [9.17, 15) is 4.79 Å². The van der Waals surface area contributed by atoms with E-state index in [-0.39, 0.29) is 5.91 Å². The number of aromatic amines is 1. The Morgan fingerprint density at radius 1 is 1.47 bits per heavy atom. The van der Waals surface area contributed by atoms with Crippen molar-refractivity contribution >= 4 is 23.3 Å². The molecule has 0 radical (unpaired) electrons. The molecular weight excluding hydrogens is 268 g/mol. The molecule has 0 saturated carbocycles. The van der Waals surface area contributed by atoms with Crippen molar-refractivity contribution < 1.29 is 4.79 Å². The largest absolute Gasteiger partial charge is 0.352 e. The van der Waals surface area contributed by atoms with Crippen LogP contribution >= 0.6 is 11.6 Å². The summed E-state index contributed by atoms with van der Waals surface area (Å²) in [5, 5.41) is 3.06. The lowest BCUT2D eigenvalue weighted by molar-refractivity contribution is 0.0954. The number of rotatable bonds is 5. The van der Waals surface area contributed by atoms with Crippen molar-refractivity contribution in [3.63, 3.8) is 0 Å². The van der Waals surface area contributed by atoms with Crippen molar-refractivity contribution in [3.05, 3.63) is 41.1 Å². The van der Waals surface area contributed by atoms with Gasteiger partial charge in [-0.15, -0.1) is 0 Å². The van der Waals surface area contributed by atoms with E-state index in [0.717, 1.165) is 5.69 Å². The number of carbonyl (C=O) groups excluding carboxylic acids is 1. The van der Waals surface area contributed by atoms with Crippen molar-refractivity contribution in [1.82, 2.24) is 20.3 Å². The average molecular weight is 281 g/mol. The molecule has 1 amide bonds. The first-order chi connectivity index (χ1) is 9.20. The molecule has 0 spiro atoms. The molecule has 0 aromatic carbocycles. The van der Waals surface area contributed by atoms with E-state index in [1.807, 2.05) is 0 Å². The summed E-state index contributed by atoms with van der Waals surface area (Å²) in [4.78, 5) is 22.6. The van der Waals surface area contributed by atoms with Crippen LogP contribution in [0.5, 0.6) is 0 Å². The third-order valence-corrected chi connectivity index (χ3v) is 2.76. The minimum Gasteiger partial charge on any atom is -0.352 e. The van der Waals surface area contributed by atoms with Gasteiger partial charge in [-0.25, -0.2) is 15.8 Å². The Hall–Kier alpha value is -2.12. The van der Waals surface area contributed by atoms with E-state index in [1.54, 1.807) is 12.5 Å². The predicted molar refractivity (Wildman–Crippen MR) is 71.7 cm³/mol. The van der Waals surface area contributed by atoms with Gasteiger partial charge in [-0.3, -0.25) is 4.79 Å². The lowest BCUT2D eigenvalue weighted by atomic mass is 10.2. The zero-order chi connectivity index (χ0) is 13.7. The third-order valence-electron chi connectivity index (χ3n) is 2.47. The van der Waals surface area contributed by atoms with Gasteiger partial charge >= 0.3 is 0 Å². The van der Waals surface area contributed by atoms with Crippen LogP contribution < -0.4 is 16.6 Å². The predicted octanol–water partition coefficient (Wildman–Crippen LogP) is 0.716. The molecule has 2 aromatic heterocycles. The topological polar surface area (TPSA) is 109 Å². The Morgan fingerprint density at radius 2 is 2.32 bits per heavy atom. The summed E-state index contributed by atoms with van der Waals surface area (Å²) < 4.78 is 0. The molecule has 0 unspecified atom stereocenters. The number of nitrogens with one attached hydrogen (secondary N) is 3. The summed E-state index contributed by atoms with van der Waals surface area (Å²) in [6.07, 6.45) is 5.40. The van der Waals surface area contributed by atoms with E-state index >= 15 is 0 Å². The summed E-state index contributed by atoms with van der Waals surface area (Å²) in [6, 6.07) is 1.51. The fourth-order valence-corrected chi connectivity index (χ4v) is 1.72. The summed E-state index contributed by atoms with van der Waals surface area (Å²) in [6.45, 7) is 0.496. The van der Waals surface area contributed by atoms with Crippen LogP contribution in [0, 0.1) is 0 Å². The fraction of sp³-hybridized carbons (Fsp3) is 0.182. The molecule has 0 aliphatic rings. The zero-order valence-electron chi connectivity index (χ0n) is 9.98. The van der Waals surface area contributed by atoms with Crippen LogP contribution in [0.15, 0.2) is 24.8 Å². The van der Waals surface area contributed by atoms with Crippen molar-refractivity contribution in [2.75, 3.05) is 12.0 Å². The molecule has 0 bridgehead atoms. The zero-order valence-corrected chi connectivity index (χ0v) is 10.7. The van der Waals surface area contributed by atoms with Gasteiger partial charge in [0.15, 0.2) is 5.82 Å². The molecule has 2 aromatic rings. The number of aromatic nitrogens is 3. The van der Waals surface area contributed by atoms with Gasteiger partial charge in [0.2, 0.25) is 0 Å². The molecule has 19 heavy (non-hydrogen) atoms. The molecule has 0 aliphatic carbocycles. The number of H-pyrrole nitrogens is 1. The Kier molecular flexibility index (Phi) is 4.32. The monoisotopic (exact) mass is 280 g/mol. The Balaban J connectivity index is 1.91. The van der Waals surface area contributed by atoms with E-state index in [1.165, 1.54) is 12.3 Å². The molecule has 8 heteroatoms. The quantitative estimate of drug-likeness (QED) is 0.477. The Labute approximate surface area is 114 Å². The molecule has 0 saturated heterocycles. The van der Waals surface area contributed by atoms with Gasteiger partial charge < -0.3 is 15.7 Å². The summed E-state index contributed by atoms with van der Waals surface area (Å²) in [5.74, 6) is 5.30. The lowest BCUT2D eigenvalue weighted by Crippen LogP contribution is -2.26. The SMILES string of the molecule is NNc1ncc(C(=O)NCCc2cnc[nH]2)cc1Cl. The molecule has 7 nitrogen and oxygen atoms in total. The highest BCUT2D eigenvalue weighted by molar-refractivity contribution is 6.33. The lowest BCUT2D eigenvalue weighted by Gasteiger charge is -2.06. The number of nitrogens with zero attached hydrogens (tertiary/aromatic N) is 2. The summed E-state index contributed by atoms with van der Waals surface area (Å²) in [7, 11) is 0. The maximum absolute atomic E-state index is 11.8. The molecule has 0 fully saturated rings. The van der Waals surface area contributed by atoms with Crippen LogP contribution in [0.2, 0.25) is 5.02 Å². The number of pyridine rings is 1. The highest BCUT2D eigenvalue weighted by Crippen LogP contribution is 2.18. The van der Waals surface area contributed by atoms with Crippen molar-refractivity contribution in [3.8, 4) is 0 Å². The first-order valence-corrected chi connectivity index (χ1v) is 5.96. The van der Waals surface area contributed by atoms with Crippen LogP contribution in [0.3, 0.4) is 0 Å². The van der Waals surface area contributed by atoms with Gasteiger partial charge in [0.25, 0.3) is 5.91 Å². The highest BCUT2D eigenvalue weighted by atomic mass is 35.5. The number of amides is 1. The number of hydrazine groups is 1. The molecule has 100 valence electrons. The van der Waals surface area contributed by atoms with Gasteiger partial charge in [-0.2, -0.15) is 0 Å². The number of imidazole rings is 1. The van der Waals surface area contributed by atoms with Crippen LogP contribution in [-0.2, 0) is 6.42 Å². The molecule has 2 heterocycles. The Morgan fingerprint density at radius 3 is 2.95 bits per heavy atom.